The Hall–Kier alpha value is -1.20. The zero-order valence-corrected chi connectivity index (χ0v) is 9.62. The predicted octanol–water partition coefficient (Wildman–Crippen LogP) is 1.24. The number of aliphatic hydroxyl groups is 1. The first-order valence-electron chi connectivity index (χ1n) is 4.63. The van der Waals surface area contributed by atoms with Crippen LogP contribution in [0, 0.1) is 0 Å². The lowest BCUT2D eigenvalue weighted by Crippen LogP contribution is -2.30. The second-order valence-corrected chi connectivity index (χ2v) is 3.90. The summed E-state index contributed by atoms with van der Waals surface area (Å²) in [6, 6.07) is 0. The maximum absolute atomic E-state index is 11.8. The van der Waals surface area contributed by atoms with Gasteiger partial charge in [0.15, 0.2) is 0 Å². The van der Waals surface area contributed by atoms with Gasteiger partial charge in [0, 0.05) is 13.6 Å². The quantitative estimate of drug-likeness (QED) is 0.840. The molecule has 0 aromatic carbocycles. The number of hydrogen-bond acceptors (Lipinski definition) is 4. The van der Waals surface area contributed by atoms with Crippen LogP contribution in [0.5, 0.6) is 0 Å². The molecular weight excluding hydrogens is 212 g/mol. The van der Waals surface area contributed by atoms with Gasteiger partial charge in [0.2, 0.25) is 0 Å². The standard InChI is InChI=1S/C10H14N2O2S/c1-3-4-8-9(11-7-15-8)10(14)12(2)5-6-13/h3-4,7,13H,5-6H2,1-2H3/b4-3-. The fraction of sp³-hybridized carbons (Fsp3) is 0.400. The van der Waals surface area contributed by atoms with E-state index in [1.165, 1.54) is 16.2 Å². The smallest absolute Gasteiger partial charge is 0.273 e. The number of carbonyl (C=O) groups excluding carboxylic acids is 1. The number of allylic oxidation sites excluding steroid dienone is 1. The van der Waals surface area contributed by atoms with E-state index in [0.717, 1.165) is 4.88 Å². The summed E-state index contributed by atoms with van der Waals surface area (Å²) in [5.41, 5.74) is 2.10. The lowest BCUT2D eigenvalue weighted by molar-refractivity contribution is 0.0762. The molecule has 0 saturated heterocycles. The molecule has 0 aliphatic carbocycles. The van der Waals surface area contributed by atoms with Crippen LogP contribution >= 0.6 is 11.3 Å². The van der Waals surface area contributed by atoms with Crippen molar-refractivity contribution in [1.29, 1.82) is 0 Å². The molecule has 15 heavy (non-hydrogen) atoms. The first-order valence-corrected chi connectivity index (χ1v) is 5.51. The Morgan fingerprint density at radius 2 is 2.47 bits per heavy atom. The van der Waals surface area contributed by atoms with Gasteiger partial charge in [-0.1, -0.05) is 6.08 Å². The molecular formula is C10H14N2O2S. The van der Waals surface area contributed by atoms with E-state index in [1.54, 1.807) is 12.6 Å². The molecule has 0 radical (unpaired) electrons. The Labute approximate surface area is 92.9 Å². The van der Waals surface area contributed by atoms with E-state index >= 15 is 0 Å². The van der Waals surface area contributed by atoms with Gasteiger partial charge in [-0.3, -0.25) is 4.79 Å². The largest absolute Gasteiger partial charge is 0.395 e. The fourth-order valence-corrected chi connectivity index (χ4v) is 1.86. The Morgan fingerprint density at radius 1 is 1.73 bits per heavy atom. The second kappa shape index (κ2) is 5.63. The lowest BCUT2D eigenvalue weighted by Gasteiger charge is -2.14. The summed E-state index contributed by atoms with van der Waals surface area (Å²) in [7, 11) is 1.65. The Bertz CT molecular complexity index is 360. The van der Waals surface area contributed by atoms with Crippen molar-refractivity contribution >= 4 is 23.3 Å². The van der Waals surface area contributed by atoms with Gasteiger partial charge in [-0.05, 0) is 13.0 Å². The highest BCUT2D eigenvalue weighted by Crippen LogP contribution is 2.16. The molecule has 0 bridgehead atoms. The van der Waals surface area contributed by atoms with E-state index < -0.39 is 0 Å². The van der Waals surface area contributed by atoms with Crippen molar-refractivity contribution in [2.75, 3.05) is 20.2 Å². The minimum Gasteiger partial charge on any atom is -0.395 e. The van der Waals surface area contributed by atoms with Gasteiger partial charge >= 0.3 is 0 Å². The average molecular weight is 226 g/mol. The van der Waals surface area contributed by atoms with E-state index in [9.17, 15) is 4.79 Å². The van der Waals surface area contributed by atoms with Crippen LogP contribution in [0.3, 0.4) is 0 Å². The number of nitrogens with zero attached hydrogens (tertiary/aromatic N) is 2. The zero-order chi connectivity index (χ0) is 11.3. The van der Waals surface area contributed by atoms with Crippen molar-refractivity contribution in [3.8, 4) is 0 Å². The zero-order valence-electron chi connectivity index (χ0n) is 8.80. The van der Waals surface area contributed by atoms with Crippen molar-refractivity contribution in [1.82, 2.24) is 9.88 Å². The van der Waals surface area contributed by atoms with Crippen LogP contribution < -0.4 is 0 Å². The number of aromatic nitrogens is 1. The van der Waals surface area contributed by atoms with Gasteiger partial charge in [-0.2, -0.15) is 0 Å². The molecule has 0 aliphatic heterocycles. The number of hydrogen-bond donors (Lipinski definition) is 1. The topological polar surface area (TPSA) is 53.4 Å². The molecule has 1 amide bonds. The summed E-state index contributed by atoms with van der Waals surface area (Å²) in [4.78, 5) is 18.2. The molecule has 1 N–H and O–H groups in total. The molecule has 1 heterocycles. The van der Waals surface area contributed by atoms with E-state index in [0.29, 0.717) is 12.2 Å². The Balaban J connectivity index is 2.85. The average Bonchev–Trinajstić information content (AvgIpc) is 2.66. The molecule has 0 saturated carbocycles. The van der Waals surface area contributed by atoms with Crippen LogP contribution in [0.4, 0.5) is 0 Å². The van der Waals surface area contributed by atoms with Crippen LogP contribution in [0.1, 0.15) is 22.3 Å². The normalized spacial score (nSPS) is 10.9. The Morgan fingerprint density at radius 3 is 3.07 bits per heavy atom. The highest BCUT2D eigenvalue weighted by Gasteiger charge is 2.16. The number of rotatable bonds is 4. The summed E-state index contributed by atoms with van der Waals surface area (Å²) < 4.78 is 0. The van der Waals surface area contributed by atoms with Gasteiger partial charge in [0.05, 0.1) is 17.0 Å². The summed E-state index contributed by atoms with van der Waals surface area (Å²) >= 11 is 1.43. The highest BCUT2D eigenvalue weighted by atomic mass is 32.1. The monoisotopic (exact) mass is 226 g/mol. The van der Waals surface area contributed by atoms with Crippen molar-refractivity contribution in [2.24, 2.45) is 0 Å². The summed E-state index contributed by atoms with van der Waals surface area (Å²) in [6.45, 7) is 2.18. The molecule has 0 unspecified atom stereocenters. The van der Waals surface area contributed by atoms with E-state index in [2.05, 4.69) is 4.98 Å². The molecule has 1 rings (SSSR count). The molecule has 1 aromatic rings. The molecule has 0 spiro atoms. The number of carbonyl (C=O) groups is 1. The molecule has 0 fully saturated rings. The minimum absolute atomic E-state index is 0.0364. The van der Waals surface area contributed by atoms with Crippen LogP contribution in [-0.2, 0) is 0 Å². The summed E-state index contributed by atoms with van der Waals surface area (Å²) in [5.74, 6) is -0.154. The molecule has 5 heteroatoms. The minimum atomic E-state index is -0.154. The number of amides is 1. The third kappa shape index (κ3) is 2.87. The SMILES string of the molecule is C/C=C\c1scnc1C(=O)N(C)CCO. The number of aliphatic hydroxyl groups excluding tert-OH is 1. The number of likely N-dealkylation sites (N-methyl/N-ethyl adjacent to an activating group) is 1. The second-order valence-electron chi connectivity index (χ2n) is 3.02. The van der Waals surface area contributed by atoms with Crippen molar-refractivity contribution in [2.45, 2.75) is 6.92 Å². The van der Waals surface area contributed by atoms with Crippen LogP contribution in [0.15, 0.2) is 11.6 Å². The fourth-order valence-electron chi connectivity index (χ4n) is 1.12. The Kier molecular flexibility index (Phi) is 4.45. The third-order valence-electron chi connectivity index (χ3n) is 1.90. The van der Waals surface area contributed by atoms with Gasteiger partial charge < -0.3 is 10.0 Å². The van der Waals surface area contributed by atoms with E-state index in [1.807, 2.05) is 19.1 Å². The van der Waals surface area contributed by atoms with Crippen molar-refractivity contribution in [3.05, 3.63) is 22.2 Å². The van der Waals surface area contributed by atoms with Crippen LogP contribution in [0.25, 0.3) is 6.08 Å². The van der Waals surface area contributed by atoms with Crippen LogP contribution in [-0.4, -0.2) is 41.1 Å². The van der Waals surface area contributed by atoms with Crippen LogP contribution in [0.2, 0.25) is 0 Å². The molecule has 1 aromatic heterocycles. The summed E-state index contributed by atoms with van der Waals surface area (Å²) in [6.07, 6.45) is 3.73. The van der Waals surface area contributed by atoms with Crippen molar-refractivity contribution < 1.29 is 9.90 Å². The maximum Gasteiger partial charge on any atom is 0.273 e. The van der Waals surface area contributed by atoms with Gasteiger partial charge in [0.25, 0.3) is 5.91 Å². The van der Waals surface area contributed by atoms with Gasteiger partial charge in [-0.25, -0.2) is 4.98 Å². The third-order valence-corrected chi connectivity index (χ3v) is 2.69. The van der Waals surface area contributed by atoms with Gasteiger partial charge in [-0.15, -0.1) is 11.3 Å². The lowest BCUT2D eigenvalue weighted by atomic mass is 10.3. The molecule has 82 valence electrons. The predicted molar refractivity (Wildman–Crippen MR) is 60.9 cm³/mol. The molecule has 0 aliphatic rings. The molecule has 0 atom stereocenters. The summed E-state index contributed by atoms with van der Waals surface area (Å²) in [5, 5.41) is 8.73. The van der Waals surface area contributed by atoms with Gasteiger partial charge in [0.1, 0.15) is 5.69 Å². The molecule has 4 nitrogen and oxygen atoms in total. The van der Waals surface area contributed by atoms with E-state index in [4.69, 9.17) is 5.11 Å². The first kappa shape index (κ1) is 11.9. The van der Waals surface area contributed by atoms with E-state index in [-0.39, 0.29) is 12.5 Å². The highest BCUT2D eigenvalue weighted by molar-refractivity contribution is 7.10. The maximum atomic E-state index is 11.8. The first-order chi connectivity index (χ1) is 7.20. The van der Waals surface area contributed by atoms with Crippen molar-refractivity contribution in [3.63, 3.8) is 0 Å². The number of thiazole rings is 1.